The van der Waals surface area contributed by atoms with Crippen molar-refractivity contribution in [2.45, 2.75) is 13.8 Å². The van der Waals surface area contributed by atoms with Crippen LogP contribution >= 0.6 is 24.0 Å². The minimum absolute atomic E-state index is 0. The van der Waals surface area contributed by atoms with Crippen LogP contribution in [-0.2, 0) is 0 Å². The van der Waals surface area contributed by atoms with E-state index in [9.17, 15) is 0 Å². The maximum Gasteiger partial charge on any atom is 0.230 e. The number of rotatable bonds is 2. The Balaban J connectivity index is 0.00000180. The Morgan fingerprint density at radius 2 is 2.16 bits per heavy atom. The van der Waals surface area contributed by atoms with E-state index >= 15 is 0 Å². The molecule has 2 aromatic rings. The molecule has 0 unspecified atom stereocenters. The summed E-state index contributed by atoms with van der Waals surface area (Å²) in [6.07, 6.45) is 0. The van der Waals surface area contributed by atoms with Gasteiger partial charge in [0.05, 0.1) is 11.2 Å². The summed E-state index contributed by atoms with van der Waals surface area (Å²) in [5.41, 5.74) is 7.33. The molecule has 1 aromatic carbocycles. The Kier molecular flexibility index (Phi) is 5.32. The van der Waals surface area contributed by atoms with E-state index in [4.69, 9.17) is 17.3 Å². The molecule has 0 amide bonds. The lowest BCUT2D eigenvalue weighted by molar-refractivity contribution is 1.10. The van der Waals surface area contributed by atoms with Crippen LogP contribution in [0.3, 0.4) is 0 Å². The zero-order chi connectivity index (χ0) is 13.1. The number of guanidine groups is 1. The van der Waals surface area contributed by atoms with Gasteiger partial charge in [0.15, 0.2) is 5.96 Å². The van der Waals surface area contributed by atoms with Crippen molar-refractivity contribution in [2.75, 3.05) is 11.9 Å². The number of aryl methyl sites for hydroxylation is 1. The van der Waals surface area contributed by atoms with Crippen LogP contribution in [0.4, 0.5) is 5.95 Å². The quantitative estimate of drug-likeness (QED) is 0.660. The van der Waals surface area contributed by atoms with E-state index in [0.717, 1.165) is 16.6 Å². The van der Waals surface area contributed by atoms with Crippen molar-refractivity contribution >= 4 is 46.8 Å². The Morgan fingerprint density at radius 3 is 2.84 bits per heavy atom. The second kappa shape index (κ2) is 6.54. The third-order valence-electron chi connectivity index (χ3n) is 2.42. The zero-order valence-corrected chi connectivity index (χ0v) is 12.2. The first kappa shape index (κ1) is 15.5. The largest absolute Gasteiger partial charge is 0.370 e. The number of nitrogens with two attached hydrogens (primary N) is 1. The number of benzene rings is 1. The second-order valence-corrected chi connectivity index (χ2v) is 4.22. The number of fused-ring (bicyclic) bond motifs is 1. The van der Waals surface area contributed by atoms with Gasteiger partial charge in [0.25, 0.3) is 0 Å². The van der Waals surface area contributed by atoms with E-state index < -0.39 is 0 Å². The van der Waals surface area contributed by atoms with Crippen LogP contribution in [0, 0.1) is 6.92 Å². The summed E-state index contributed by atoms with van der Waals surface area (Å²) in [6.45, 7) is 4.42. The molecule has 5 nitrogen and oxygen atoms in total. The average Bonchev–Trinajstić information content (AvgIpc) is 2.30. The van der Waals surface area contributed by atoms with Gasteiger partial charge >= 0.3 is 0 Å². The third kappa shape index (κ3) is 3.68. The normalized spacial score (nSPS) is 11.2. The van der Waals surface area contributed by atoms with Crippen molar-refractivity contribution in [3.05, 3.63) is 28.9 Å². The van der Waals surface area contributed by atoms with Crippen molar-refractivity contribution in [3.63, 3.8) is 0 Å². The molecule has 0 radical (unpaired) electrons. The number of nitrogens with one attached hydrogen (secondary N) is 1. The van der Waals surface area contributed by atoms with E-state index in [1.54, 1.807) is 6.07 Å². The first-order valence-corrected chi connectivity index (χ1v) is 5.99. The van der Waals surface area contributed by atoms with Gasteiger partial charge in [-0.15, -0.1) is 12.4 Å². The van der Waals surface area contributed by atoms with E-state index in [0.29, 0.717) is 23.5 Å². The maximum atomic E-state index is 5.95. The molecule has 0 bridgehead atoms. The van der Waals surface area contributed by atoms with Crippen molar-refractivity contribution in [2.24, 2.45) is 10.7 Å². The van der Waals surface area contributed by atoms with E-state index in [1.807, 2.05) is 26.0 Å². The summed E-state index contributed by atoms with van der Waals surface area (Å²) >= 11 is 5.95. The molecule has 0 spiro atoms. The van der Waals surface area contributed by atoms with Crippen LogP contribution in [0.1, 0.15) is 12.6 Å². The molecular weight excluding hydrogens is 285 g/mol. The Labute approximate surface area is 122 Å². The maximum absolute atomic E-state index is 5.95. The van der Waals surface area contributed by atoms with Crippen molar-refractivity contribution in [3.8, 4) is 0 Å². The van der Waals surface area contributed by atoms with Crippen molar-refractivity contribution < 1.29 is 0 Å². The minimum Gasteiger partial charge on any atom is -0.370 e. The molecule has 0 aliphatic heterocycles. The van der Waals surface area contributed by atoms with Gasteiger partial charge < -0.3 is 5.73 Å². The predicted octanol–water partition coefficient (Wildman–Crippen LogP) is 2.76. The van der Waals surface area contributed by atoms with Crippen LogP contribution in [0.15, 0.2) is 23.2 Å². The molecule has 0 saturated carbocycles. The number of anilines is 1. The smallest absolute Gasteiger partial charge is 0.230 e. The van der Waals surface area contributed by atoms with Gasteiger partial charge in [-0.2, -0.15) is 0 Å². The summed E-state index contributed by atoms with van der Waals surface area (Å²) in [7, 11) is 0. The second-order valence-electron chi connectivity index (χ2n) is 3.78. The fraction of sp³-hybridized carbons (Fsp3) is 0.250. The number of hydrogen-bond donors (Lipinski definition) is 2. The Morgan fingerprint density at radius 1 is 1.42 bits per heavy atom. The fourth-order valence-corrected chi connectivity index (χ4v) is 1.81. The third-order valence-corrected chi connectivity index (χ3v) is 2.65. The molecule has 102 valence electrons. The number of aliphatic imine (C=N–C) groups is 1. The first-order valence-electron chi connectivity index (χ1n) is 5.61. The average molecular weight is 300 g/mol. The molecule has 19 heavy (non-hydrogen) atoms. The highest BCUT2D eigenvalue weighted by Gasteiger charge is 2.05. The van der Waals surface area contributed by atoms with Gasteiger partial charge in [0, 0.05) is 17.0 Å². The molecule has 0 saturated heterocycles. The molecule has 7 heteroatoms. The lowest BCUT2D eigenvalue weighted by Gasteiger charge is -2.07. The summed E-state index contributed by atoms with van der Waals surface area (Å²) in [6, 6.07) is 5.49. The molecule has 0 fully saturated rings. The molecule has 2 rings (SSSR count). The molecule has 1 heterocycles. The van der Waals surface area contributed by atoms with E-state index in [-0.39, 0.29) is 12.4 Å². The highest BCUT2D eigenvalue weighted by molar-refractivity contribution is 6.31. The molecular formula is C12H15Cl2N5. The van der Waals surface area contributed by atoms with Gasteiger partial charge in [-0.3, -0.25) is 10.3 Å². The Hall–Kier alpha value is -1.59. The number of hydrogen-bond acceptors (Lipinski definition) is 3. The zero-order valence-electron chi connectivity index (χ0n) is 10.6. The fourth-order valence-electron chi connectivity index (χ4n) is 1.63. The summed E-state index contributed by atoms with van der Waals surface area (Å²) in [5.74, 6) is 0.752. The van der Waals surface area contributed by atoms with Gasteiger partial charge in [-0.25, -0.2) is 9.97 Å². The first-order chi connectivity index (χ1) is 8.60. The van der Waals surface area contributed by atoms with E-state index in [2.05, 4.69) is 20.3 Å². The highest BCUT2D eigenvalue weighted by atomic mass is 35.5. The summed E-state index contributed by atoms with van der Waals surface area (Å²) in [4.78, 5) is 12.7. The molecule has 1 aromatic heterocycles. The minimum atomic E-state index is 0. The number of aromatic nitrogens is 2. The van der Waals surface area contributed by atoms with Crippen LogP contribution < -0.4 is 11.1 Å². The molecule has 0 aliphatic carbocycles. The van der Waals surface area contributed by atoms with Crippen LogP contribution in [-0.4, -0.2) is 22.5 Å². The van der Waals surface area contributed by atoms with Crippen LogP contribution in [0.5, 0.6) is 0 Å². The van der Waals surface area contributed by atoms with Gasteiger partial charge in [0.1, 0.15) is 0 Å². The molecule has 0 atom stereocenters. The van der Waals surface area contributed by atoms with Crippen LogP contribution in [0.25, 0.3) is 10.9 Å². The highest BCUT2D eigenvalue weighted by Crippen LogP contribution is 2.21. The van der Waals surface area contributed by atoms with Gasteiger partial charge in [-0.1, -0.05) is 11.6 Å². The van der Waals surface area contributed by atoms with Gasteiger partial charge in [-0.05, 0) is 32.0 Å². The van der Waals surface area contributed by atoms with Crippen molar-refractivity contribution in [1.29, 1.82) is 0 Å². The number of nitrogens with zero attached hydrogens (tertiary/aromatic N) is 3. The molecule has 3 N–H and O–H groups in total. The SMILES string of the molecule is CCN=C(N)Nc1nc(C)c2cc(Cl)ccc2n1.Cl. The standard InChI is InChI=1S/C12H14ClN5.ClH/c1-3-15-11(14)18-12-16-7(2)9-6-8(13)4-5-10(9)17-12;/h4-6H,3H2,1-2H3,(H3,14,15,16,17,18);1H. The lowest BCUT2D eigenvalue weighted by Crippen LogP contribution is -2.24. The van der Waals surface area contributed by atoms with Crippen LogP contribution in [0.2, 0.25) is 5.02 Å². The molecule has 0 aliphatic rings. The predicted molar refractivity (Wildman–Crippen MR) is 82.3 cm³/mol. The monoisotopic (exact) mass is 299 g/mol. The summed E-state index contributed by atoms with van der Waals surface area (Å²) in [5, 5.41) is 4.46. The number of halogens is 2. The Bertz CT molecular complexity index is 612. The van der Waals surface area contributed by atoms with Gasteiger partial charge in [0.2, 0.25) is 5.95 Å². The topological polar surface area (TPSA) is 76.2 Å². The lowest BCUT2D eigenvalue weighted by atomic mass is 10.2. The van der Waals surface area contributed by atoms with Crippen molar-refractivity contribution in [1.82, 2.24) is 9.97 Å². The summed E-state index contributed by atoms with van der Waals surface area (Å²) < 4.78 is 0. The van der Waals surface area contributed by atoms with E-state index in [1.165, 1.54) is 0 Å².